The van der Waals surface area contributed by atoms with Crippen molar-refractivity contribution in [2.75, 3.05) is 0 Å². The van der Waals surface area contributed by atoms with E-state index in [-0.39, 0.29) is 11.6 Å². The largest absolute Gasteiger partial charge is 0.292 e. The molecule has 0 amide bonds. The minimum Gasteiger partial charge on any atom is -0.292 e. The normalized spacial score (nSPS) is 12.5. The van der Waals surface area contributed by atoms with Gasteiger partial charge in [-0.2, -0.15) is 0 Å². The smallest absolute Gasteiger partial charge is 0.186 e. The number of benzene rings is 2. The van der Waals surface area contributed by atoms with Crippen molar-refractivity contribution in [2.45, 2.75) is 5.38 Å². The lowest BCUT2D eigenvalue weighted by molar-refractivity contribution is 0.0989. The van der Waals surface area contributed by atoms with Crippen LogP contribution in [0.15, 0.2) is 53.9 Å². The van der Waals surface area contributed by atoms with Crippen LogP contribution in [-0.2, 0) is 0 Å². The maximum absolute atomic E-state index is 12.9. The second-order valence-electron chi connectivity index (χ2n) is 4.42. The second-order valence-corrected chi connectivity index (χ2v) is 5.77. The summed E-state index contributed by atoms with van der Waals surface area (Å²) in [6.07, 6.45) is 0. The molecule has 1 nitrogen and oxygen atoms in total. The Labute approximate surface area is 124 Å². The summed E-state index contributed by atoms with van der Waals surface area (Å²) in [6.45, 7) is 0. The summed E-state index contributed by atoms with van der Waals surface area (Å²) < 4.78 is 14.0. The maximum atomic E-state index is 12.9. The molecule has 3 aromatic rings. The minimum absolute atomic E-state index is 0.157. The molecule has 4 heteroatoms. The summed E-state index contributed by atoms with van der Waals surface area (Å²) >= 11 is 7.75. The molecule has 0 spiro atoms. The summed E-state index contributed by atoms with van der Waals surface area (Å²) in [5.74, 6) is -0.498. The van der Waals surface area contributed by atoms with Crippen molar-refractivity contribution in [3.8, 4) is 0 Å². The number of thiophene rings is 1. The number of fused-ring (bicyclic) bond motifs is 1. The average molecular weight is 305 g/mol. The Balaban J connectivity index is 1.97. The zero-order chi connectivity index (χ0) is 14.1. The molecule has 1 aromatic heterocycles. The Hall–Kier alpha value is -1.71. The SMILES string of the molecule is O=C(c1csc2ccccc12)C(Cl)c1ccc(F)cc1. The zero-order valence-electron chi connectivity index (χ0n) is 10.3. The number of Topliss-reactive ketones (excluding diaryl/α,β-unsaturated/α-hetero) is 1. The van der Waals surface area contributed by atoms with Crippen LogP contribution in [0.5, 0.6) is 0 Å². The van der Waals surface area contributed by atoms with Gasteiger partial charge in [-0.05, 0) is 23.8 Å². The molecule has 0 aliphatic carbocycles. The number of carbonyl (C=O) groups excluding carboxylic acids is 1. The van der Waals surface area contributed by atoms with Crippen LogP contribution >= 0.6 is 22.9 Å². The van der Waals surface area contributed by atoms with Crippen molar-refractivity contribution < 1.29 is 9.18 Å². The lowest BCUT2D eigenvalue weighted by Gasteiger charge is -2.08. The van der Waals surface area contributed by atoms with Crippen molar-refractivity contribution in [3.05, 3.63) is 70.9 Å². The highest BCUT2D eigenvalue weighted by atomic mass is 35.5. The first-order valence-corrected chi connectivity index (χ1v) is 7.38. The number of halogens is 2. The van der Waals surface area contributed by atoms with Crippen LogP contribution in [-0.4, -0.2) is 5.78 Å². The molecule has 0 bridgehead atoms. The van der Waals surface area contributed by atoms with E-state index in [9.17, 15) is 9.18 Å². The van der Waals surface area contributed by atoms with Crippen LogP contribution in [0.4, 0.5) is 4.39 Å². The molecule has 0 fully saturated rings. The lowest BCUT2D eigenvalue weighted by Crippen LogP contribution is -2.06. The van der Waals surface area contributed by atoms with E-state index < -0.39 is 5.38 Å². The van der Waals surface area contributed by atoms with Crippen LogP contribution in [0.1, 0.15) is 21.3 Å². The van der Waals surface area contributed by atoms with Gasteiger partial charge >= 0.3 is 0 Å². The first-order chi connectivity index (χ1) is 9.66. The van der Waals surface area contributed by atoms with E-state index in [0.717, 1.165) is 10.1 Å². The number of rotatable bonds is 3. The summed E-state index contributed by atoms with van der Waals surface area (Å²) in [7, 11) is 0. The molecule has 1 unspecified atom stereocenters. The second kappa shape index (κ2) is 5.35. The summed E-state index contributed by atoms with van der Waals surface area (Å²) in [6, 6.07) is 13.4. The van der Waals surface area contributed by atoms with E-state index in [1.807, 2.05) is 29.6 Å². The van der Waals surface area contributed by atoms with Gasteiger partial charge in [-0.1, -0.05) is 30.3 Å². The van der Waals surface area contributed by atoms with Crippen molar-refractivity contribution >= 4 is 38.8 Å². The lowest BCUT2D eigenvalue weighted by atomic mass is 10.0. The zero-order valence-corrected chi connectivity index (χ0v) is 11.9. The molecule has 1 atom stereocenters. The van der Waals surface area contributed by atoms with Gasteiger partial charge in [0.2, 0.25) is 0 Å². The highest BCUT2D eigenvalue weighted by molar-refractivity contribution is 7.17. The fourth-order valence-corrected chi connectivity index (χ4v) is 3.30. The van der Waals surface area contributed by atoms with Crippen LogP contribution in [0.25, 0.3) is 10.1 Å². The van der Waals surface area contributed by atoms with Crippen LogP contribution in [0, 0.1) is 5.82 Å². The Bertz CT molecular complexity index is 764. The molecule has 0 N–H and O–H groups in total. The Kier molecular flexibility index (Phi) is 3.55. The summed E-state index contributed by atoms with van der Waals surface area (Å²) in [5, 5.41) is 1.94. The molecule has 0 radical (unpaired) electrons. The monoisotopic (exact) mass is 304 g/mol. The van der Waals surface area contributed by atoms with Gasteiger partial charge in [-0.25, -0.2) is 4.39 Å². The van der Waals surface area contributed by atoms with Gasteiger partial charge in [-0.15, -0.1) is 22.9 Å². The van der Waals surface area contributed by atoms with Crippen molar-refractivity contribution in [1.29, 1.82) is 0 Å². The highest BCUT2D eigenvalue weighted by Crippen LogP contribution is 2.32. The van der Waals surface area contributed by atoms with E-state index in [4.69, 9.17) is 11.6 Å². The molecular weight excluding hydrogens is 295 g/mol. The quantitative estimate of drug-likeness (QED) is 0.480. The van der Waals surface area contributed by atoms with Gasteiger partial charge in [0.25, 0.3) is 0 Å². The molecule has 1 heterocycles. The van der Waals surface area contributed by atoms with E-state index >= 15 is 0 Å². The van der Waals surface area contributed by atoms with E-state index in [1.165, 1.54) is 23.5 Å². The number of hydrogen-bond acceptors (Lipinski definition) is 2. The van der Waals surface area contributed by atoms with Gasteiger partial charge in [0.05, 0.1) is 0 Å². The average Bonchev–Trinajstić information content (AvgIpc) is 2.90. The maximum Gasteiger partial charge on any atom is 0.186 e. The molecule has 20 heavy (non-hydrogen) atoms. The first-order valence-electron chi connectivity index (χ1n) is 6.07. The highest BCUT2D eigenvalue weighted by Gasteiger charge is 2.22. The Morgan fingerprint density at radius 3 is 2.55 bits per heavy atom. The Morgan fingerprint density at radius 2 is 1.80 bits per heavy atom. The Morgan fingerprint density at radius 1 is 1.10 bits per heavy atom. The first kappa shape index (κ1) is 13.3. The fraction of sp³-hybridized carbons (Fsp3) is 0.0625. The number of ketones is 1. The van der Waals surface area contributed by atoms with Crippen molar-refractivity contribution in [1.82, 2.24) is 0 Å². The standard InChI is InChI=1S/C16H10ClFOS/c17-15(10-5-7-11(18)8-6-10)16(19)13-9-20-14-4-2-1-3-12(13)14/h1-9,15H. The topological polar surface area (TPSA) is 17.1 Å². The van der Waals surface area contributed by atoms with Gasteiger partial charge in [0.15, 0.2) is 5.78 Å². The van der Waals surface area contributed by atoms with Crippen molar-refractivity contribution in [3.63, 3.8) is 0 Å². The molecule has 0 aliphatic heterocycles. The molecule has 0 aliphatic rings. The third kappa shape index (κ3) is 2.35. The van der Waals surface area contributed by atoms with Gasteiger partial charge in [0.1, 0.15) is 11.2 Å². The number of alkyl halides is 1. The van der Waals surface area contributed by atoms with Gasteiger partial charge in [0, 0.05) is 21.0 Å². The molecule has 2 aromatic carbocycles. The molecule has 0 saturated heterocycles. The van der Waals surface area contributed by atoms with Gasteiger partial charge < -0.3 is 0 Å². The number of carbonyl (C=O) groups is 1. The predicted molar refractivity (Wildman–Crippen MR) is 81.1 cm³/mol. The van der Waals surface area contributed by atoms with Crippen LogP contribution in [0.3, 0.4) is 0 Å². The van der Waals surface area contributed by atoms with E-state index in [2.05, 4.69) is 0 Å². The van der Waals surface area contributed by atoms with E-state index in [0.29, 0.717) is 11.1 Å². The van der Waals surface area contributed by atoms with Gasteiger partial charge in [-0.3, -0.25) is 4.79 Å². The third-order valence-electron chi connectivity index (χ3n) is 3.14. The predicted octanol–water partition coefficient (Wildman–Crippen LogP) is 5.20. The van der Waals surface area contributed by atoms with E-state index in [1.54, 1.807) is 12.1 Å². The molecule has 100 valence electrons. The summed E-state index contributed by atoms with van der Waals surface area (Å²) in [4.78, 5) is 12.5. The van der Waals surface area contributed by atoms with Crippen LogP contribution < -0.4 is 0 Å². The molecule has 0 saturated carbocycles. The fourth-order valence-electron chi connectivity index (χ4n) is 2.09. The van der Waals surface area contributed by atoms with Crippen molar-refractivity contribution in [2.24, 2.45) is 0 Å². The number of hydrogen-bond donors (Lipinski definition) is 0. The third-order valence-corrected chi connectivity index (χ3v) is 4.55. The minimum atomic E-state index is -0.798. The molecule has 3 rings (SSSR count). The summed E-state index contributed by atoms with van der Waals surface area (Å²) in [5.41, 5.74) is 1.23. The van der Waals surface area contributed by atoms with Crippen LogP contribution in [0.2, 0.25) is 0 Å². The molecular formula is C16H10ClFOS.